The van der Waals surface area contributed by atoms with Crippen molar-refractivity contribution < 1.29 is 9.90 Å². The first-order valence-electron chi connectivity index (χ1n) is 11.0. The van der Waals surface area contributed by atoms with Crippen LogP contribution < -0.4 is 0 Å². The molecule has 0 saturated heterocycles. The highest BCUT2D eigenvalue weighted by Crippen LogP contribution is 2.29. The van der Waals surface area contributed by atoms with Crippen LogP contribution >= 0.6 is 0 Å². The number of pyridine rings is 1. The third-order valence-electron chi connectivity index (χ3n) is 6.61. The van der Waals surface area contributed by atoms with Crippen LogP contribution in [0.1, 0.15) is 62.0 Å². The number of hydrogen-bond donors (Lipinski definition) is 1. The maximum Gasteiger partial charge on any atom is 0.272 e. The monoisotopic (exact) mass is 405 g/mol. The minimum Gasteiger partial charge on any atom is -0.391 e. The normalized spacial score (nSPS) is 24.3. The number of aliphatic hydroxyl groups excluding tert-OH is 1. The second-order valence-corrected chi connectivity index (χ2v) is 8.87. The van der Waals surface area contributed by atoms with Crippen LogP contribution in [0, 0.1) is 5.92 Å². The predicted octanol–water partition coefficient (Wildman–Crippen LogP) is 4.54. The minimum absolute atomic E-state index is 0.118. The number of rotatable bonds is 4. The van der Waals surface area contributed by atoms with Crippen molar-refractivity contribution in [1.82, 2.24) is 9.88 Å². The van der Waals surface area contributed by atoms with Crippen LogP contribution in [-0.2, 0) is 6.42 Å². The van der Waals surface area contributed by atoms with E-state index in [1.165, 1.54) is 5.57 Å². The van der Waals surface area contributed by atoms with Gasteiger partial charge in [0.2, 0.25) is 0 Å². The molecule has 0 bridgehead atoms. The number of nitrogens with zero attached hydrogens (tertiary/aromatic N) is 3. The van der Waals surface area contributed by atoms with Crippen molar-refractivity contribution in [2.75, 3.05) is 7.05 Å². The first-order chi connectivity index (χ1) is 14.4. The molecule has 1 saturated carbocycles. The third kappa shape index (κ3) is 4.17. The lowest BCUT2D eigenvalue weighted by molar-refractivity contribution is 0.0264. The van der Waals surface area contributed by atoms with Gasteiger partial charge in [0.1, 0.15) is 5.69 Å². The summed E-state index contributed by atoms with van der Waals surface area (Å²) in [4.78, 5) is 24.2. The number of carbonyl (C=O) groups is 1. The summed E-state index contributed by atoms with van der Waals surface area (Å²) in [7, 11) is 1.79. The van der Waals surface area contributed by atoms with Crippen LogP contribution in [0.25, 0.3) is 10.9 Å². The maximum absolute atomic E-state index is 13.3. The van der Waals surface area contributed by atoms with E-state index >= 15 is 0 Å². The van der Waals surface area contributed by atoms with Gasteiger partial charge in [-0.15, -0.1) is 0 Å². The van der Waals surface area contributed by atoms with Crippen LogP contribution in [0.4, 0.5) is 0 Å². The molecule has 158 valence electrons. The van der Waals surface area contributed by atoms with Crippen LogP contribution in [0.15, 0.2) is 47.1 Å². The van der Waals surface area contributed by atoms with Gasteiger partial charge < -0.3 is 10.0 Å². The Bertz CT molecular complexity index is 1010. The van der Waals surface area contributed by atoms with Crippen LogP contribution in [-0.4, -0.2) is 45.8 Å². The number of aliphatic hydroxyl groups is 1. The van der Waals surface area contributed by atoms with E-state index in [1.807, 2.05) is 30.5 Å². The molecule has 0 radical (unpaired) electrons. The van der Waals surface area contributed by atoms with Gasteiger partial charge in [-0.3, -0.25) is 9.79 Å². The first kappa shape index (κ1) is 20.7. The smallest absolute Gasteiger partial charge is 0.272 e. The Hall–Kier alpha value is -2.53. The predicted molar refractivity (Wildman–Crippen MR) is 121 cm³/mol. The highest BCUT2D eigenvalue weighted by Gasteiger charge is 2.30. The lowest BCUT2D eigenvalue weighted by Gasteiger charge is -2.35. The van der Waals surface area contributed by atoms with E-state index in [0.717, 1.165) is 60.7 Å². The highest BCUT2D eigenvalue weighted by atomic mass is 16.3. The van der Waals surface area contributed by atoms with Crippen molar-refractivity contribution in [3.05, 3.63) is 53.4 Å². The average molecular weight is 406 g/mol. The molecule has 1 aromatic carbocycles. The fourth-order valence-corrected chi connectivity index (χ4v) is 4.77. The summed E-state index contributed by atoms with van der Waals surface area (Å²) >= 11 is 0. The lowest BCUT2D eigenvalue weighted by atomic mass is 9.88. The number of aliphatic imine (C=N–C) groups is 1. The van der Waals surface area contributed by atoms with E-state index in [2.05, 4.69) is 29.9 Å². The van der Waals surface area contributed by atoms with Gasteiger partial charge in [0.15, 0.2) is 0 Å². The Morgan fingerprint density at radius 2 is 2.00 bits per heavy atom. The molecule has 5 nitrogen and oxygen atoms in total. The molecule has 3 atom stereocenters. The molecule has 4 rings (SSSR count). The van der Waals surface area contributed by atoms with Gasteiger partial charge in [0.25, 0.3) is 5.91 Å². The Morgan fingerprint density at radius 3 is 2.77 bits per heavy atom. The van der Waals surface area contributed by atoms with E-state index in [-0.39, 0.29) is 11.9 Å². The zero-order chi connectivity index (χ0) is 21.3. The molecule has 0 spiro atoms. The van der Waals surface area contributed by atoms with E-state index in [9.17, 15) is 9.90 Å². The van der Waals surface area contributed by atoms with Gasteiger partial charge >= 0.3 is 0 Å². The fraction of sp³-hybridized carbons (Fsp3) is 0.480. The second-order valence-electron chi connectivity index (χ2n) is 8.87. The second kappa shape index (κ2) is 8.68. The summed E-state index contributed by atoms with van der Waals surface area (Å²) in [5.41, 5.74) is 4.84. The van der Waals surface area contributed by atoms with Crippen LogP contribution in [0.5, 0.6) is 0 Å². The summed E-state index contributed by atoms with van der Waals surface area (Å²) < 4.78 is 0. The molecule has 1 amide bonds. The summed E-state index contributed by atoms with van der Waals surface area (Å²) in [5, 5.41) is 11.5. The van der Waals surface area contributed by atoms with Gasteiger partial charge in [-0.25, -0.2) is 4.98 Å². The van der Waals surface area contributed by atoms with Gasteiger partial charge in [-0.2, -0.15) is 0 Å². The van der Waals surface area contributed by atoms with Crippen molar-refractivity contribution in [2.24, 2.45) is 10.9 Å². The molecule has 2 aliphatic rings. The maximum atomic E-state index is 13.3. The summed E-state index contributed by atoms with van der Waals surface area (Å²) in [5.74, 6) is 0.320. The zero-order valence-electron chi connectivity index (χ0n) is 18.1. The van der Waals surface area contributed by atoms with E-state index in [1.54, 1.807) is 11.9 Å². The molecular weight excluding hydrogens is 374 g/mol. The van der Waals surface area contributed by atoms with Crippen molar-refractivity contribution in [3.63, 3.8) is 0 Å². The number of likely N-dealkylation sites (N-methyl/N-ethyl adjacent to an activating group) is 1. The number of benzene rings is 1. The zero-order valence-corrected chi connectivity index (χ0v) is 18.1. The van der Waals surface area contributed by atoms with Crippen molar-refractivity contribution in [1.29, 1.82) is 0 Å². The molecular formula is C25H31N3O2. The molecule has 1 fully saturated rings. The number of fused-ring (bicyclic) bond motifs is 1. The molecule has 1 aliphatic heterocycles. The quantitative estimate of drug-likeness (QED) is 0.812. The minimum atomic E-state index is -0.457. The molecule has 2 heterocycles. The molecule has 1 N–H and O–H groups in total. The van der Waals surface area contributed by atoms with Gasteiger partial charge in [-0.05, 0) is 61.8 Å². The molecule has 2 aromatic rings. The number of allylic oxidation sites excluding steroid dienone is 1. The standard InChI is InChI=1S/C25H31N3O2/c1-16-12-17(2)26-15-19(16)13-18-14-22(27-21-9-5-4-8-20(18)21)25(30)28(3)23-10-6-7-11-24(23)29/h4-5,8-9,14-16,23-24,29H,6-7,10-13H2,1-3H3. The first-order valence-corrected chi connectivity index (χ1v) is 11.0. The molecule has 1 aromatic heterocycles. The van der Waals surface area contributed by atoms with E-state index < -0.39 is 6.10 Å². The Labute approximate surface area is 178 Å². The number of carbonyl (C=O) groups excluding carboxylic acids is 1. The Morgan fingerprint density at radius 1 is 1.23 bits per heavy atom. The van der Waals surface area contributed by atoms with E-state index in [4.69, 9.17) is 0 Å². The van der Waals surface area contributed by atoms with Gasteiger partial charge in [-0.1, -0.05) is 38.0 Å². The fourth-order valence-electron chi connectivity index (χ4n) is 4.77. The van der Waals surface area contributed by atoms with Crippen molar-refractivity contribution >= 4 is 22.5 Å². The summed E-state index contributed by atoms with van der Waals surface area (Å²) in [6.07, 6.45) is 6.93. The Kier molecular flexibility index (Phi) is 6.00. The molecule has 30 heavy (non-hydrogen) atoms. The van der Waals surface area contributed by atoms with Crippen molar-refractivity contribution in [2.45, 2.75) is 64.5 Å². The summed E-state index contributed by atoms with van der Waals surface area (Å²) in [6.45, 7) is 4.30. The third-order valence-corrected chi connectivity index (χ3v) is 6.61. The highest BCUT2D eigenvalue weighted by molar-refractivity contribution is 5.96. The summed E-state index contributed by atoms with van der Waals surface area (Å²) in [6, 6.07) is 9.81. The van der Waals surface area contributed by atoms with Crippen molar-refractivity contribution in [3.8, 4) is 0 Å². The largest absolute Gasteiger partial charge is 0.391 e. The van der Waals surface area contributed by atoms with Gasteiger partial charge in [0, 0.05) is 24.3 Å². The number of aromatic nitrogens is 1. The topological polar surface area (TPSA) is 65.8 Å². The SMILES string of the molecule is CC1=NC=C(Cc2cc(C(=O)N(C)C3CCCCC3O)nc3ccccc23)C(C)C1. The number of amides is 1. The Balaban J connectivity index is 1.68. The van der Waals surface area contributed by atoms with Gasteiger partial charge in [0.05, 0.1) is 17.7 Å². The number of hydrogen-bond acceptors (Lipinski definition) is 4. The van der Waals surface area contributed by atoms with Crippen LogP contribution in [0.3, 0.4) is 0 Å². The molecule has 3 unspecified atom stereocenters. The van der Waals surface area contributed by atoms with Crippen LogP contribution in [0.2, 0.25) is 0 Å². The average Bonchev–Trinajstić information content (AvgIpc) is 2.75. The molecule has 5 heteroatoms. The molecule has 1 aliphatic carbocycles. The lowest BCUT2D eigenvalue weighted by Crippen LogP contribution is -2.46. The number of para-hydroxylation sites is 1. The van der Waals surface area contributed by atoms with E-state index in [0.29, 0.717) is 11.6 Å².